The number of hydrogen-bond acceptors (Lipinski definition) is 4. The fourth-order valence-electron chi connectivity index (χ4n) is 2.32. The molecule has 2 aromatic rings. The van der Waals surface area contributed by atoms with E-state index in [1.165, 1.54) is 5.56 Å². The van der Waals surface area contributed by atoms with Crippen LogP contribution in [0.5, 0.6) is 5.75 Å². The summed E-state index contributed by atoms with van der Waals surface area (Å²) < 4.78 is 5.64. The third kappa shape index (κ3) is 6.15. The number of benzene rings is 1. The van der Waals surface area contributed by atoms with Gasteiger partial charge in [-0.1, -0.05) is 18.5 Å². The van der Waals surface area contributed by atoms with Gasteiger partial charge >= 0.3 is 0 Å². The van der Waals surface area contributed by atoms with Crippen LogP contribution in [0.4, 0.5) is 0 Å². The Morgan fingerprint density at radius 2 is 2.00 bits per heavy atom. The van der Waals surface area contributed by atoms with E-state index in [0.29, 0.717) is 17.6 Å². The first kappa shape index (κ1) is 18.3. The molecule has 0 saturated heterocycles. The highest BCUT2D eigenvalue weighted by Gasteiger charge is 2.17. The molecule has 0 radical (unpaired) electrons. The molecule has 0 aliphatic carbocycles. The summed E-state index contributed by atoms with van der Waals surface area (Å²) in [6, 6.07) is 9.74. The lowest BCUT2D eigenvalue weighted by Crippen LogP contribution is -2.40. The molecule has 2 rings (SSSR count). The number of halogens is 1. The van der Waals surface area contributed by atoms with Gasteiger partial charge in [-0.25, -0.2) is 0 Å². The van der Waals surface area contributed by atoms with E-state index in [1.807, 2.05) is 12.1 Å². The van der Waals surface area contributed by atoms with E-state index in [4.69, 9.17) is 16.3 Å². The zero-order chi connectivity index (χ0) is 16.7. The first-order chi connectivity index (χ1) is 11.1. The van der Waals surface area contributed by atoms with Gasteiger partial charge in [-0.15, -0.1) is 0 Å². The van der Waals surface area contributed by atoms with Gasteiger partial charge in [0.05, 0.1) is 0 Å². The molecule has 1 N–H and O–H groups in total. The number of thiophene rings is 1. The van der Waals surface area contributed by atoms with E-state index in [0.717, 1.165) is 18.7 Å². The number of aliphatic hydroxyl groups is 1. The minimum absolute atomic E-state index is 0.276. The van der Waals surface area contributed by atoms with Crippen LogP contribution >= 0.6 is 22.9 Å². The van der Waals surface area contributed by atoms with Crippen molar-refractivity contribution in [2.24, 2.45) is 0 Å². The first-order valence-electron chi connectivity index (χ1n) is 7.90. The topological polar surface area (TPSA) is 32.7 Å². The Balaban J connectivity index is 1.86. The second kappa shape index (κ2) is 9.28. The molecule has 1 aromatic heterocycles. The molecule has 0 unspecified atom stereocenters. The summed E-state index contributed by atoms with van der Waals surface area (Å²) in [5.41, 5.74) is 1.29. The largest absolute Gasteiger partial charge is 0.491 e. The van der Waals surface area contributed by atoms with Gasteiger partial charge in [0.15, 0.2) is 0 Å². The molecule has 0 amide bonds. The average Bonchev–Trinajstić information content (AvgIpc) is 3.06. The minimum atomic E-state index is -0.529. The van der Waals surface area contributed by atoms with Gasteiger partial charge in [-0.2, -0.15) is 11.3 Å². The Morgan fingerprint density at radius 1 is 1.26 bits per heavy atom. The highest BCUT2D eigenvalue weighted by atomic mass is 35.5. The zero-order valence-corrected chi connectivity index (χ0v) is 15.2. The van der Waals surface area contributed by atoms with E-state index < -0.39 is 6.10 Å². The predicted molar refractivity (Wildman–Crippen MR) is 97.4 cm³/mol. The summed E-state index contributed by atoms with van der Waals surface area (Å²) in [6.45, 7) is 6.09. The van der Waals surface area contributed by atoms with Gasteiger partial charge in [0.1, 0.15) is 18.5 Å². The van der Waals surface area contributed by atoms with Crippen molar-refractivity contribution in [3.8, 4) is 5.75 Å². The maximum atomic E-state index is 10.3. The lowest BCUT2D eigenvalue weighted by molar-refractivity contribution is 0.0507. The summed E-state index contributed by atoms with van der Waals surface area (Å²) in [6.07, 6.45) is 0.521. The molecule has 0 aliphatic rings. The van der Waals surface area contributed by atoms with Gasteiger partial charge in [0, 0.05) is 24.2 Å². The Bertz CT molecular complexity index is 559. The molecule has 126 valence electrons. The standard InChI is InChI=1S/C18H24ClNO2S/c1-3-14(2)20(10-15-8-9-23-13-15)11-17(21)12-22-18-6-4-16(19)5-7-18/h4-9,13-14,17,21H,3,10-12H2,1-2H3/t14-,17+/m0/s1. The van der Waals surface area contributed by atoms with Gasteiger partial charge < -0.3 is 9.84 Å². The molecule has 1 heterocycles. The smallest absolute Gasteiger partial charge is 0.119 e. The SMILES string of the molecule is CC[C@H](C)N(Cc1ccsc1)C[C@@H](O)COc1ccc(Cl)cc1. The van der Waals surface area contributed by atoms with E-state index in [2.05, 4.69) is 35.6 Å². The molecule has 0 saturated carbocycles. The van der Waals surface area contributed by atoms with Crippen molar-refractivity contribution < 1.29 is 9.84 Å². The van der Waals surface area contributed by atoms with Crippen LogP contribution in [0.15, 0.2) is 41.1 Å². The summed E-state index contributed by atoms with van der Waals surface area (Å²) in [5.74, 6) is 0.723. The lowest BCUT2D eigenvalue weighted by atomic mass is 10.1. The molecule has 2 atom stereocenters. The third-order valence-corrected chi connectivity index (χ3v) is 4.87. The molecule has 3 nitrogen and oxygen atoms in total. The Morgan fingerprint density at radius 3 is 2.61 bits per heavy atom. The molecular weight excluding hydrogens is 330 g/mol. The number of rotatable bonds is 9. The lowest BCUT2D eigenvalue weighted by Gasteiger charge is -2.30. The van der Waals surface area contributed by atoms with Crippen LogP contribution in [0.2, 0.25) is 5.02 Å². The zero-order valence-electron chi connectivity index (χ0n) is 13.6. The van der Waals surface area contributed by atoms with Gasteiger partial charge in [0.25, 0.3) is 0 Å². The maximum Gasteiger partial charge on any atom is 0.119 e. The van der Waals surface area contributed by atoms with Crippen molar-refractivity contribution in [3.63, 3.8) is 0 Å². The number of aliphatic hydroxyl groups excluding tert-OH is 1. The highest BCUT2D eigenvalue weighted by molar-refractivity contribution is 7.07. The fraction of sp³-hybridized carbons (Fsp3) is 0.444. The van der Waals surface area contributed by atoms with Gasteiger partial charge in [0.2, 0.25) is 0 Å². The van der Waals surface area contributed by atoms with Crippen LogP contribution in [0.25, 0.3) is 0 Å². The van der Waals surface area contributed by atoms with Gasteiger partial charge in [-0.3, -0.25) is 4.90 Å². The predicted octanol–water partition coefficient (Wildman–Crippen LogP) is 4.44. The van der Waals surface area contributed by atoms with Crippen LogP contribution < -0.4 is 4.74 Å². The third-order valence-electron chi connectivity index (χ3n) is 3.88. The van der Waals surface area contributed by atoms with Crippen molar-refractivity contribution in [1.29, 1.82) is 0 Å². The minimum Gasteiger partial charge on any atom is -0.491 e. The number of hydrogen-bond donors (Lipinski definition) is 1. The molecular formula is C18H24ClNO2S. The normalized spacial score (nSPS) is 14.0. The highest BCUT2D eigenvalue weighted by Crippen LogP contribution is 2.17. The van der Waals surface area contributed by atoms with Gasteiger partial charge in [-0.05, 0) is 60.0 Å². The fourth-order valence-corrected chi connectivity index (χ4v) is 3.11. The molecule has 5 heteroatoms. The molecule has 0 fully saturated rings. The molecule has 0 bridgehead atoms. The van der Waals surface area contributed by atoms with Crippen molar-refractivity contribution in [3.05, 3.63) is 51.7 Å². The Hall–Kier alpha value is -1.07. The number of nitrogens with zero attached hydrogens (tertiary/aromatic N) is 1. The van der Waals surface area contributed by atoms with E-state index >= 15 is 0 Å². The first-order valence-corrected chi connectivity index (χ1v) is 9.22. The van der Waals surface area contributed by atoms with Crippen LogP contribution in [-0.4, -0.2) is 35.3 Å². The van der Waals surface area contributed by atoms with E-state index in [-0.39, 0.29) is 6.61 Å². The summed E-state index contributed by atoms with van der Waals surface area (Å²) >= 11 is 7.55. The second-order valence-corrected chi connectivity index (χ2v) is 6.95. The molecule has 0 aliphatic heterocycles. The van der Waals surface area contributed by atoms with E-state index in [1.54, 1.807) is 23.5 Å². The molecule has 0 spiro atoms. The molecule has 23 heavy (non-hydrogen) atoms. The van der Waals surface area contributed by atoms with Crippen LogP contribution in [-0.2, 0) is 6.54 Å². The van der Waals surface area contributed by atoms with Crippen molar-refractivity contribution >= 4 is 22.9 Å². The Labute approximate surface area is 147 Å². The summed E-state index contributed by atoms with van der Waals surface area (Å²) in [4.78, 5) is 2.30. The Kier molecular flexibility index (Phi) is 7.37. The molecule has 1 aromatic carbocycles. The van der Waals surface area contributed by atoms with Crippen LogP contribution in [0.3, 0.4) is 0 Å². The maximum absolute atomic E-state index is 10.3. The van der Waals surface area contributed by atoms with Crippen molar-refractivity contribution in [1.82, 2.24) is 4.90 Å². The second-order valence-electron chi connectivity index (χ2n) is 5.74. The average molecular weight is 354 g/mol. The van der Waals surface area contributed by atoms with E-state index in [9.17, 15) is 5.11 Å². The summed E-state index contributed by atoms with van der Waals surface area (Å²) in [7, 11) is 0. The van der Waals surface area contributed by atoms with Crippen molar-refractivity contribution in [2.75, 3.05) is 13.2 Å². The van der Waals surface area contributed by atoms with Crippen LogP contribution in [0.1, 0.15) is 25.8 Å². The summed E-state index contributed by atoms with van der Waals surface area (Å²) in [5, 5.41) is 15.2. The monoisotopic (exact) mass is 353 g/mol. The van der Waals surface area contributed by atoms with Crippen molar-refractivity contribution in [2.45, 2.75) is 39.0 Å². The number of ether oxygens (including phenoxy) is 1. The quantitative estimate of drug-likeness (QED) is 0.723. The van der Waals surface area contributed by atoms with Crippen LogP contribution in [0, 0.1) is 0 Å².